The van der Waals surface area contributed by atoms with Crippen LogP contribution in [0.5, 0.6) is 17.2 Å². The molecule has 25 heavy (non-hydrogen) atoms. The molecule has 0 amide bonds. The van der Waals surface area contributed by atoms with Gasteiger partial charge in [-0.15, -0.1) is 0 Å². The number of phenolic OH excluding ortho intramolecular Hbond substituents is 2. The van der Waals surface area contributed by atoms with Gasteiger partial charge in [-0.3, -0.25) is 4.90 Å². The Bertz CT molecular complexity index is 701. The number of benzene rings is 2. The van der Waals surface area contributed by atoms with E-state index >= 15 is 0 Å². The molecule has 1 saturated heterocycles. The lowest BCUT2D eigenvalue weighted by Gasteiger charge is -2.28. The first kappa shape index (κ1) is 17.6. The first-order chi connectivity index (χ1) is 12.1. The molecule has 0 aliphatic carbocycles. The van der Waals surface area contributed by atoms with E-state index in [1.807, 2.05) is 18.2 Å². The monoisotopic (exact) mass is 343 g/mol. The number of likely N-dealkylation sites (tertiary alicyclic amines) is 1. The minimum atomic E-state index is -0.117. The van der Waals surface area contributed by atoms with Crippen LogP contribution in [0, 0.1) is 0 Å². The minimum absolute atomic E-state index is 0.0143. The molecule has 1 aliphatic rings. The Balaban J connectivity index is 1.65. The summed E-state index contributed by atoms with van der Waals surface area (Å²) >= 11 is 0. The second kappa shape index (κ2) is 7.76. The van der Waals surface area contributed by atoms with Crippen molar-refractivity contribution in [1.29, 1.82) is 0 Å². The molecule has 0 radical (unpaired) electrons. The quantitative estimate of drug-likeness (QED) is 0.703. The molecule has 1 heterocycles. The summed E-state index contributed by atoms with van der Waals surface area (Å²) in [6.45, 7) is -0.0143. The van der Waals surface area contributed by atoms with Gasteiger partial charge in [0.15, 0.2) is 11.5 Å². The lowest BCUT2D eigenvalue weighted by molar-refractivity contribution is 0.0596. The van der Waals surface area contributed by atoms with Crippen molar-refractivity contribution >= 4 is 0 Å². The van der Waals surface area contributed by atoms with Crippen LogP contribution < -0.4 is 4.74 Å². The molecule has 134 valence electrons. The van der Waals surface area contributed by atoms with E-state index in [1.54, 1.807) is 13.2 Å². The van der Waals surface area contributed by atoms with Gasteiger partial charge in [-0.1, -0.05) is 18.2 Å². The van der Waals surface area contributed by atoms with E-state index in [1.165, 1.54) is 11.6 Å². The highest BCUT2D eigenvalue weighted by Crippen LogP contribution is 2.39. The van der Waals surface area contributed by atoms with E-state index in [4.69, 9.17) is 4.74 Å². The van der Waals surface area contributed by atoms with Crippen molar-refractivity contribution in [3.63, 3.8) is 0 Å². The van der Waals surface area contributed by atoms with E-state index < -0.39 is 0 Å². The zero-order valence-electron chi connectivity index (χ0n) is 14.4. The molecule has 2 unspecified atom stereocenters. The molecule has 2 aromatic rings. The largest absolute Gasteiger partial charge is 0.504 e. The standard InChI is InChI=1S/C20H25NO4/c1-25-17-8-3-14(4-9-17)2-6-16-7-10-18(21(16)13-22)15-5-11-19(23)20(24)12-15/h3-5,8-9,11-12,16,18,22-24H,2,6-7,10,13H2,1H3. The number of aromatic hydroxyl groups is 2. The van der Waals surface area contributed by atoms with Gasteiger partial charge in [0.25, 0.3) is 0 Å². The Morgan fingerprint density at radius 3 is 2.44 bits per heavy atom. The molecule has 0 bridgehead atoms. The average molecular weight is 343 g/mol. The van der Waals surface area contributed by atoms with Gasteiger partial charge in [-0.25, -0.2) is 0 Å². The van der Waals surface area contributed by atoms with Crippen molar-refractivity contribution in [2.75, 3.05) is 13.8 Å². The highest BCUT2D eigenvalue weighted by Gasteiger charge is 2.33. The molecule has 2 aromatic carbocycles. The highest BCUT2D eigenvalue weighted by molar-refractivity contribution is 5.41. The second-order valence-electron chi connectivity index (χ2n) is 6.54. The van der Waals surface area contributed by atoms with E-state index in [2.05, 4.69) is 17.0 Å². The van der Waals surface area contributed by atoms with Crippen LogP contribution in [0.2, 0.25) is 0 Å². The third-order valence-electron chi connectivity index (χ3n) is 5.12. The van der Waals surface area contributed by atoms with Crippen LogP contribution >= 0.6 is 0 Å². The fourth-order valence-electron chi connectivity index (χ4n) is 3.69. The summed E-state index contributed by atoms with van der Waals surface area (Å²) in [5, 5.41) is 29.1. The van der Waals surface area contributed by atoms with Crippen molar-refractivity contribution in [2.24, 2.45) is 0 Å². The van der Waals surface area contributed by atoms with Crippen molar-refractivity contribution in [3.05, 3.63) is 53.6 Å². The fourth-order valence-corrected chi connectivity index (χ4v) is 3.69. The first-order valence-electron chi connectivity index (χ1n) is 8.63. The predicted molar refractivity (Wildman–Crippen MR) is 95.8 cm³/mol. The maximum Gasteiger partial charge on any atom is 0.157 e. The molecular weight excluding hydrogens is 318 g/mol. The van der Waals surface area contributed by atoms with Crippen LogP contribution in [0.4, 0.5) is 0 Å². The SMILES string of the molecule is COc1ccc(CCC2CCC(c3ccc(O)c(O)c3)N2CO)cc1. The summed E-state index contributed by atoms with van der Waals surface area (Å²) in [6.07, 6.45) is 3.84. The molecule has 0 aromatic heterocycles. The number of ether oxygens (including phenoxy) is 1. The number of rotatable bonds is 6. The van der Waals surface area contributed by atoms with Crippen LogP contribution in [0.15, 0.2) is 42.5 Å². The normalized spacial score (nSPS) is 20.7. The number of aliphatic hydroxyl groups is 1. The van der Waals surface area contributed by atoms with Gasteiger partial charge in [-0.2, -0.15) is 0 Å². The molecule has 0 saturated carbocycles. The number of hydrogen-bond donors (Lipinski definition) is 3. The number of aliphatic hydroxyl groups excluding tert-OH is 1. The Hall–Kier alpha value is -2.24. The summed E-state index contributed by atoms with van der Waals surface area (Å²) in [6, 6.07) is 13.4. The van der Waals surface area contributed by atoms with Gasteiger partial charge in [0.2, 0.25) is 0 Å². The Morgan fingerprint density at radius 2 is 1.80 bits per heavy atom. The third-order valence-corrected chi connectivity index (χ3v) is 5.12. The van der Waals surface area contributed by atoms with Gasteiger partial charge in [0.05, 0.1) is 13.8 Å². The molecule has 5 nitrogen and oxygen atoms in total. The van der Waals surface area contributed by atoms with E-state index in [0.717, 1.165) is 37.0 Å². The number of hydrogen-bond acceptors (Lipinski definition) is 5. The molecule has 5 heteroatoms. The highest BCUT2D eigenvalue weighted by atomic mass is 16.5. The zero-order valence-corrected chi connectivity index (χ0v) is 14.4. The minimum Gasteiger partial charge on any atom is -0.504 e. The van der Waals surface area contributed by atoms with E-state index in [0.29, 0.717) is 6.04 Å². The molecular formula is C20H25NO4. The third kappa shape index (κ3) is 3.89. The van der Waals surface area contributed by atoms with Gasteiger partial charge in [-0.05, 0) is 61.1 Å². The van der Waals surface area contributed by atoms with Crippen LogP contribution in [0.1, 0.15) is 36.4 Å². The number of phenols is 2. The van der Waals surface area contributed by atoms with Crippen molar-refractivity contribution in [2.45, 2.75) is 37.8 Å². The molecule has 2 atom stereocenters. The van der Waals surface area contributed by atoms with Crippen molar-refractivity contribution in [3.8, 4) is 17.2 Å². The van der Waals surface area contributed by atoms with Gasteiger partial charge in [0, 0.05) is 12.1 Å². The Kier molecular flexibility index (Phi) is 5.46. The zero-order chi connectivity index (χ0) is 17.8. The summed E-state index contributed by atoms with van der Waals surface area (Å²) < 4.78 is 5.18. The maximum atomic E-state index is 9.86. The van der Waals surface area contributed by atoms with Crippen molar-refractivity contribution in [1.82, 2.24) is 4.90 Å². The number of nitrogens with zero attached hydrogens (tertiary/aromatic N) is 1. The second-order valence-corrected chi connectivity index (χ2v) is 6.54. The molecule has 3 N–H and O–H groups in total. The van der Waals surface area contributed by atoms with E-state index in [9.17, 15) is 15.3 Å². The Morgan fingerprint density at radius 1 is 1.04 bits per heavy atom. The van der Waals surface area contributed by atoms with E-state index in [-0.39, 0.29) is 24.3 Å². The molecule has 1 aliphatic heterocycles. The molecule has 1 fully saturated rings. The lowest BCUT2D eigenvalue weighted by Crippen LogP contribution is -2.32. The summed E-state index contributed by atoms with van der Waals surface area (Å²) in [4.78, 5) is 2.08. The fraction of sp³-hybridized carbons (Fsp3) is 0.400. The molecule has 0 spiro atoms. The van der Waals surface area contributed by atoms with Gasteiger partial charge in [0.1, 0.15) is 5.75 Å². The number of aryl methyl sites for hydroxylation is 1. The van der Waals surface area contributed by atoms with Gasteiger partial charge < -0.3 is 20.1 Å². The smallest absolute Gasteiger partial charge is 0.157 e. The summed E-state index contributed by atoms with van der Waals surface area (Å²) in [5.41, 5.74) is 2.18. The maximum absolute atomic E-state index is 9.86. The van der Waals surface area contributed by atoms with Crippen LogP contribution in [-0.4, -0.2) is 40.1 Å². The summed E-state index contributed by atoms with van der Waals surface area (Å²) in [5.74, 6) is 0.624. The number of methoxy groups -OCH3 is 1. The summed E-state index contributed by atoms with van der Waals surface area (Å²) in [7, 11) is 1.66. The Labute approximate surface area is 148 Å². The van der Waals surface area contributed by atoms with Crippen molar-refractivity contribution < 1.29 is 20.1 Å². The van der Waals surface area contributed by atoms with Crippen LogP contribution in [0.3, 0.4) is 0 Å². The van der Waals surface area contributed by atoms with Gasteiger partial charge >= 0.3 is 0 Å². The van der Waals surface area contributed by atoms with Crippen LogP contribution in [0.25, 0.3) is 0 Å². The molecule has 3 rings (SSSR count). The lowest BCUT2D eigenvalue weighted by atomic mass is 10.0. The predicted octanol–water partition coefficient (Wildman–Crippen LogP) is 3.19. The average Bonchev–Trinajstić information content (AvgIpc) is 3.05. The first-order valence-corrected chi connectivity index (χ1v) is 8.63. The topological polar surface area (TPSA) is 73.2 Å². The van der Waals surface area contributed by atoms with Crippen LogP contribution in [-0.2, 0) is 6.42 Å².